The summed E-state index contributed by atoms with van der Waals surface area (Å²) in [5.41, 5.74) is 0. The molecule has 24 heavy (non-hydrogen) atoms. The van der Waals surface area contributed by atoms with Crippen LogP contribution in [0.25, 0.3) is 0 Å². The summed E-state index contributed by atoms with van der Waals surface area (Å²) in [5, 5.41) is 0. The van der Waals surface area contributed by atoms with Crippen molar-refractivity contribution in [2.75, 3.05) is 0 Å². The summed E-state index contributed by atoms with van der Waals surface area (Å²) < 4.78 is 29.2. The fourth-order valence-electron chi connectivity index (χ4n) is 3.01. The van der Waals surface area contributed by atoms with Gasteiger partial charge in [-0.15, -0.1) is 11.1 Å². The largest absolute Gasteiger partial charge is 0.440 e. The molecule has 0 bridgehead atoms. The van der Waals surface area contributed by atoms with Crippen molar-refractivity contribution < 1.29 is 20.6 Å². The van der Waals surface area contributed by atoms with Crippen LogP contribution in [0.3, 0.4) is 0 Å². The average Bonchev–Trinajstić information content (AvgIpc) is 2.00. The predicted octanol–water partition coefficient (Wildman–Crippen LogP) is 4.80. The fraction of sp³-hybridized carbons (Fsp3) is 1.00. The summed E-state index contributed by atoms with van der Waals surface area (Å²) in [6.45, 7) is 25.0. The van der Waals surface area contributed by atoms with Crippen molar-refractivity contribution in [2.24, 2.45) is 0 Å². The Balaban J connectivity index is 0.000000441. The van der Waals surface area contributed by atoms with E-state index in [2.05, 4.69) is 65.5 Å². The van der Waals surface area contributed by atoms with Gasteiger partial charge in [-0.3, -0.25) is 0 Å². The van der Waals surface area contributed by atoms with E-state index in [-0.39, 0.29) is 0 Å². The highest BCUT2D eigenvalue weighted by molar-refractivity contribution is 7.17. The lowest BCUT2D eigenvalue weighted by Gasteiger charge is -2.46. The molecule has 0 radical (unpaired) electrons. The molecule has 1 aliphatic rings. The second-order valence-corrected chi connectivity index (χ2v) is 31.5. The van der Waals surface area contributed by atoms with Crippen molar-refractivity contribution in [3.8, 4) is 0 Å². The Bertz CT molecular complexity index is 354. The molecule has 1 saturated heterocycles. The molecule has 0 N–H and O–H groups in total. The summed E-state index contributed by atoms with van der Waals surface area (Å²) in [6, 6.07) is 0. The molecule has 0 atom stereocenters. The van der Waals surface area contributed by atoms with Gasteiger partial charge in [-0.1, -0.05) is 0 Å². The van der Waals surface area contributed by atoms with Crippen LogP contribution in [0.2, 0.25) is 78.6 Å². The Morgan fingerprint density at radius 2 is 1.04 bits per heavy atom. The van der Waals surface area contributed by atoms with Crippen LogP contribution >= 0.6 is 11.1 Å². The number of rotatable bonds is 4. The molecule has 0 spiro atoms. The number of hydrogen-bond acceptors (Lipinski definition) is 5. The molecule has 146 valence electrons. The van der Waals surface area contributed by atoms with Crippen LogP contribution in [0.1, 0.15) is 0 Å². The molecule has 1 fully saturated rings. The van der Waals surface area contributed by atoms with Gasteiger partial charge >= 0.3 is 34.2 Å². The highest BCUT2D eigenvalue weighted by atomic mass is 35.6. The van der Waals surface area contributed by atoms with Gasteiger partial charge in [0.25, 0.3) is 7.63 Å². The van der Waals surface area contributed by atoms with Gasteiger partial charge in [0.2, 0.25) is 0 Å². The molecule has 1 rings (SSSR count). The number of hydrogen-bond donors (Lipinski definition) is 0. The fourth-order valence-corrected chi connectivity index (χ4v) is 30.4. The third-order valence-electron chi connectivity index (χ3n) is 2.48. The van der Waals surface area contributed by atoms with Gasteiger partial charge in [0.1, 0.15) is 0 Å². The minimum atomic E-state index is -1.93. The topological polar surface area (TPSA) is 46.2 Å². The Kier molecular flexibility index (Phi) is 9.10. The van der Waals surface area contributed by atoms with Gasteiger partial charge in [-0.25, -0.2) is 0 Å². The summed E-state index contributed by atoms with van der Waals surface area (Å²) in [7, 11) is -10.4. The minimum Gasteiger partial charge on any atom is -0.440 e. The highest BCUT2D eigenvalue weighted by Crippen LogP contribution is 2.29. The quantitative estimate of drug-likeness (QED) is 0.441. The van der Waals surface area contributed by atoms with E-state index in [1.54, 1.807) is 0 Å². The molecule has 0 aliphatic carbocycles. The molecule has 0 saturated carbocycles. The summed E-state index contributed by atoms with van der Waals surface area (Å²) in [6.07, 6.45) is 0. The van der Waals surface area contributed by atoms with Crippen LogP contribution in [-0.2, 0) is 20.6 Å². The first kappa shape index (κ1) is 25.4. The second kappa shape index (κ2) is 8.60. The van der Waals surface area contributed by atoms with Gasteiger partial charge in [0.15, 0.2) is 9.04 Å². The van der Waals surface area contributed by atoms with E-state index in [9.17, 15) is 0 Å². The lowest BCUT2D eigenvalue weighted by Crippen LogP contribution is -2.64. The third kappa shape index (κ3) is 12.7. The SMILES string of the molecule is C[SiH](C)O[Si](C)(C)O[Si](C)(C)Cl.C[Si]1(C)O[Si](C)(C)O[Si](C)(C)O1. The van der Waals surface area contributed by atoms with Crippen molar-refractivity contribution in [3.05, 3.63) is 0 Å². The van der Waals surface area contributed by atoms with Gasteiger partial charge < -0.3 is 20.6 Å². The van der Waals surface area contributed by atoms with Crippen LogP contribution in [0.15, 0.2) is 0 Å². The van der Waals surface area contributed by atoms with E-state index >= 15 is 0 Å². The van der Waals surface area contributed by atoms with Crippen LogP contribution in [-0.4, -0.2) is 50.9 Å². The standard InChI is InChI=1S/C6H19ClO2Si3.C6H18O3Si3/c1-10(2)8-12(5,6)9-11(3,4)7;1-10(2)7-11(3,4)9-12(5,6)8-10/h10H,1-6H3;1-6H3. The molecule has 1 heterocycles. The molecule has 0 aromatic carbocycles. The van der Waals surface area contributed by atoms with Crippen LogP contribution in [0.4, 0.5) is 0 Å². The Labute approximate surface area is 160 Å². The maximum absolute atomic E-state index is 6.09. The second-order valence-electron chi connectivity index (χ2n) is 8.54. The van der Waals surface area contributed by atoms with Gasteiger partial charge in [0, 0.05) is 0 Å². The van der Waals surface area contributed by atoms with Crippen molar-refractivity contribution in [2.45, 2.75) is 78.6 Å². The van der Waals surface area contributed by atoms with E-state index in [1.807, 2.05) is 13.1 Å². The monoisotopic (exact) mass is 464 g/mol. The highest BCUT2D eigenvalue weighted by Gasteiger charge is 2.50. The van der Waals surface area contributed by atoms with E-state index < -0.39 is 50.9 Å². The van der Waals surface area contributed by atoms with Gasteiger partial charge in [-0.2, -0.15) is 0 Å². The van der Waals surface area contributed by atoms with Crippen molar-refractivity contribution in [1.82, 2.24) is 0 Å². The molecule has 0 aromatic rings. The van der Waals surface area contributed by atoms with E-state index in [0.29, 0.717) is 0 Å². The van der Waals surface area contributed by atoms with Gasteiger partial charge in [-0.05, 0) is 78.6 Å². The normalized spacial score (nSPS) is 22.8. The van der Waals surface area contributed by atoms with Crippen molar-refractivity contribution in [3.63, 3.8) is 0 Å². The molecule has 5 nitrogen and oxygen atoms in total. The third-order valence-corrected chi connectivity index (χ3v) is 23.0. The van der Waals surface area contributed by atoms with Crippen LogP contribution < -0.4 is 0 Å². The summed E-state index contributed by atoms with van der Waals surface area (Å²) >= 11 is 6.09. The van der Waals surface area contributed by atoms with Crippen LogP contribution in [0.5, 0.6) is 0 Å². The predicted molar refractivity (Wildman–Crippen MR) is 118 cm³/mol. The zero-order valence-electron chi connectivity index (χ0n) is 17.5. The maximum Gasteiger partial charge on any atom is 0.314 e. The molecule has 0 unspecified atom stereocenters. The zero-order chi connectivity index (χ0) is 19.6. The molecule has 0 amide bonds. The first-order valence-electron chi connectivity index (χ1n) is 8.42. The lowest BCUT2D eigenvalue weighted by atomic mass is 11.9. The summed E-state index contributed by atoms with van der Waals surface area (Å²) in [4.78, 5) is 0. The Hall–Kier alpha value is 1.39. The first-order chi connectivity index (χ1) is 10.2. The molecular formula is C12H37ClO5Si6. The van der Waals surface area contributed by atoms with Crippen molar-refractivity contribution in [1.29, 1.82) is 0 Å². The van der Waals surface area contributed by atoms with Gasteiger partial charge in [0.05, 0.1) is 0 Å². The number of halogens is 1. The molecule has 0 aromatic heterocycles. The first-order valence-corrected chi connectivity index (χ1v) is 26.4. The maximum atomic E-state index is 6.09. The van der Waals surface area contributed by atoms with Crippen LogP contribution in [0, 0.1) is 0 Å². The molecule has 1 aliphatic heterocycles. The van der Waals surface area contributed by atoms with Crippen molar-refractivity contribution >= 4 is 62.0 Å². The molecular weight excluding hydrogens is 428 g/mol. The van der Waals surface area contributed by atoms with E-state index in [1.165, 1.54) is 0 Å². The Morgan fingerprint density at radius 3 is 1.25 bits per heavy atom. The zero-order valence-corrected chi connectivity index (χ0v) is 24.4. The van der Waals surface area contributed by atoms with E-state index in [0.717, 1.165) is 0 Å². The Morgan fingerprint density at radius 1 is 0.750 bits per heavy atom. The minimum absolute atomic E-state index is 0.985. The average molecular weight is 465 g/mol. The smallest absolute Gasteiger partial charge is 0.314 e. The molecule has 12 heteroatoms. The summed E-state index contributed by atoms with van der Waals surface area (Å²) in [5.74, 6) is 0. The van der Waals surface area contributed by atoms with E-state index in [4.69, 9.17) is 31.7 Å². The lowest BCUT2D eigenvalue weighted by molar-refractivity contribution is 0.238.